The van der Waals surface area contributed by atoms with Gasteiger partial charge in [0.25, 0.3) is 0 Å². The third kappa shape index (κ3) is 5.68. The molecule has 0 aliphatic rings. The van der Waals surface area contributed by atoms with Crippen LogP contribution in [0.3, 0.4) is 0 Å². The number of alkyl halides is 1. The molecule has 0 aliphatic carbocycles. The van der Waals surface area contributed by atoms with Gasteiger partial charge < -0.3 is 4.43 Å². The van der Waals surface area contributed by atoms with Crippen molar-refractivity contribution in [3.05, 3.63) is 0 Å². The Labute approximate surface area is 111 Å². The Morgan fingerprint density at radius 2 is 1.80 bits per heavy atom. The van der Waals surface area contributed by atoms with E-state index >= 15 is 0 Å². The van der Waals surface area contributed by atoms with Crippen molar-refractivity contribution in [1.82, 2.24) is 0 Å². The molecule has 0 aliphatic heterocycles. The van der Waals surface area contributed by atoms with Crippen LogP contribution in [0.2, 0.25) is 18.1 Å². The van der Waals surface area contributed by atoms with Crippen LogP contribution in [-0.4, -0.2) is 19.4 Å². The van der Waals surface area contributed by atoms with E-state index in [1.807, 2.05) is 0 Å². The minimum Gasteiger partial charge on any atom is -0.417 e. The molecule has 0 spiro atoms. The highest BCUT2D eigenvalue weighted by atomic mass is 127. The van der Waals surface area contributed by atoms with E-state index in [0.717, 1.165) is 12.5 Å². The molecule has 15 heavy (non-hydrogen) atoms. The maximum absolute atomic E-state index is 6.24. The average Bonchev–Trinajstić information content (AvgIpc) is 2.10. The van der Waals surface area contributed by atoms with Gasteiger partial charge >= 0.3 is 0 Å². The first-order chi connectivity index (χ1) is 6.74. The van der Waals surface area contributed by atoms with Crippen LogP contribution in [0.5, 0.6) is 0 Å². The summed E-state index contributed by atoms with van der Waals surface area (Å²) in [5, 5.41) is 0.343. The van der Waals surface area contributed by atoms with Gasteiger partial charge in [-0.2, -0.15) is 0 Å². The molecule has 0 heterocycles. The van der Waals surface area contributed by atoms with Crippen molar-refractivity contribution in [2.75, 3.05) is 11.0 Å². The zero-order valence-electron chi connectivity index (χ0n) is 11.2. The summed E-state index contributed by atoms with van der Waals surface area (Å²) in [5.74, 6) is 0.760. The lowest BCUT2D eigenvalue weighted by atomic mass is 10.1. The Bertz CT molecular complexity index is 175. The molecule has 1 atom stereocenters. The Kier molecular flexibility index (Phi) is 6.99. The van der Waals surface area contributed by atoms with Crippen molar-refractivity contribution in [2.45, 2.75) is 58.7 Å². The van der Waals surface area contributed by atoms with Crippen LogP contribution in [0.4, 0.5) is 0 Å². The normalized spacial score (nSPS) is 15.4. The van der Waals surface area contributed by atoms with Crippen molar-refractivity contribution in [3.8, 4) is 0 Å². The van der Waals surface area contributed by atoms with Gasteiger partial charge in [-0.25, -0.2) is 0 Å². The Morgan fingerprint density at radius 3 is 2.13 bits per heavy atom. The van der Waals surface area contributed by atoms with E-state index in [1.165, 1.54) is 17.3 Å². The van der Waals surface area contributed by atoms with Crippen LogP contribution in [0.15, 0.2) is 0 Å². The van der Waals surface area contributed by atoms with Crippen LogP contribution in [0, 0.1) is 5.92 Å². The van der Waals surface area contributed by atoms with Crippen LogP contribution in [0.25, 0.3) is 0 Å². The highest BCUT2D eigenvalue weighted by Gasteiger charge is 2.37. The predicted octanol–water partition coefficient (Wildman–Crippen LogP) is 4.86. The van der Waals surface area contributed by atoms with E-state index in [1.54, 1.807) is 0 Å². The van der Waals surface area contributed by atoms with Crippen molar-refractivity contribution in [2.24, 2.45) is 5.92 Å². The van der Waals surface area contributed by atoms with E-state index < -0.39 is 8.32 Å². The topological polar surface area (TPSA) is 9.23 Å². The van der Waals surface area contributed by atoms with Crippen LogP contribution in [-0.2, 0) is 4.43 Å². The fraction of sp³-hybridized carbons (Fsp3) is 1.00. The molecule has 0 fully saturated rings. The SMILES string of the molecule is CCC(CCI)CO[Si](C)(C)C(C)(C)C. The number of hydrogen-bond acceptors (Lipinski definition) is 1. The summed E-state index contributed by atoms with van der Waals surface area (Å²) >= 11 is 2.46. The molecule has 1 unspecified atom stereocenters. The number of halogens is 1. The minimum absolute atomic E-state index is 0.343. The second-order valence-corrected chi connectivity index (χ2v) is 11.7. The zero-order valence-corrected chi connectivity index (χ0v) is 14.3. The first-order valence-electron chi connectivity index (χ1n) is 5.94. The molecule has 0 aromatic carbocycles. The largest absolute Gasteiger partial charge is 0.417 e. The van der Waals surface area contributed by atoms with Crippen molar-refractivity contribution < 1.29 is 4.43 Å². The van der Waals surface area contributed by atoms with Gasteiger partial charge in [-0.3, -0.25) is 0 Å². The Morgan fingerprint density at radius 1 is 1.27 bits per heavy atom. The maximum atomic E-state index is 6.24. The molecule has 92 valence electrons. The van der Waals surface area contributed by atoms with Gasteiger partial charge in [0.1, 0.15) is 0 Å². The summed E-state index contributed by atoms with van der Waals surface area (Å²) in [7, 11) is -1.52. The third-order valence-electron chi connectivity index (χ3n) is 3.58. The van der Waals surface area contributed by atoms with Crippen molar-refractivity contribution in [1.29, 1.82) is 0 Å². The Hall–Kier alpha value is 0.907. The van der Waals surface area contributed by atoms with Crippen LogP contribution in [0.1, 0.15) is 40.5 Å². The van der Waals surface area contributed by atoms with E-state index in [4.69, 9.17) is 4.43 Å². The molecule has 0 saturated carbocycles. The molecule has 0 bridgehead atoms. The minimum atomic E-state index is -1.52. The van der Waals surface area contributed by atoms with Crippen molar-refractivity contribution in [3.63, 3.8) is 0 Å². The van der Waals surface area contributed by atoms with Gasteiger partial charge in [-0.1, -0.05) is 56.7 Å². The lowest BCUT2D eigenvalue weighted by molar-refractivity contribution is 0.222. The average molecular weight is 342 g/mol. The Balaban J connectivity index is 4.12. The first-order valence-corrected chi connectivity index (χ1v) is 10.4. The molecule has 1 nitrogen and oxygen atoms in total. The molecule has 0 aromatic heterocycles. The molecular formula is C12H27IOSi. The van der Waals surface area contributed by atoms with Gasteiger partial charge in [0, 0.05) is 6.61 Å². The van der Waals surface area contributed by atoms with E-state index in [9.17, 15) is 0 Å². The summed E-state index contributed by atoms with van der Waals surface area (Å²) < 4.78 is 7.48. The van der Waals surface area contributed by atoms with Crippen molar-refractivity contribution >= 4 is 30.9 Å². The van der Waals surface area contributed by atoms with Gasteiger partial charge in [-0.05, 0) is 34.9 Å². The molecular weight excluding hydrogens is 315 g/mol. The monoisotopic (exact) mass is 342 g/mol. The lowest BCUT2D eigenvalue weighted by Crippen LogP contribution is -2.42. The van der Waals surface area contributed by atoms with E-state index in [2.05, 4.69) is 63.4 Å². The summed E-state index contributed by atoms with van der Waals surface area (Å²) in [4.78, 5) is 0. The fourth-order valence-electron chi connectivity index (χ4n) is 1.10. The predicted molar refractivity (Wildman–Crippen MR) is 80.4 cm³/mol. The van der Waals surface area contributed by atoms with Gasteiger partial charge in [-0.15, -0.1) is 0 Å². The second kappa shape index (κ2) is 6.60. The zero-order chi connectivity index (χ0) is 12.1. The van der Waals surface area contributed by atoms with Gasteiger partial charge in [0.15, 0.2) is 8.32 Å². The highest BCUT2D eigenvalue weighted by molar-refractivity contribution is 14.1. The molecule has 0 radical (unpaired) electrons. The standard InChI is InChI=1S/C12H27IOSi/c1-7-11(8-9-13)10-14-15(5,6)12(2,3)4/h11H,7-10H2,1-6H3. The third-order valence-corrected chi connectivity index (χ3v) is 8.70. The first kappa shape index (κ1) is 15.9. The summed E-state index contributed by atoms with van der Waals surface area (Å²) in [6.45, 7) is 14.8. The molecule has 0 amide bonds. The number of rotatable bonds is 6. The van der Waals surface area contributed by atoms with Crippen LogP contribution >= 0.6 is 22.6 Å². The van der Waals surface area contributed by atoms with E-state index in [-0.39, 0.29) is 0 Å². The van der Waals surface area contributed by atoms with E-state index in [0.29, 0.717) is 5.04 Å². The van der Waals surface area contributed by atoms with Crippen LogP contribution < -0.4 is 0 Å². The second-order valence-electron chi connectivity index (χ2n) is 5.82. The molecule has 0 aromatic rings. The summed E-state index contributed by atoms with van der Waals surface area (Å²) in [6, 6.07) is 0. The molecule has 0 saturated heterocycles. The highest BCUT2D eigenvalue weighted by Crippen LogP contribution is 2.37. The fourth-order valence-corrected chi connectivity index (χ4v) is 3.07. The lowest BCUT2D eigenvalue weighted by Gasteiger charge is -2.37. The smallest absolute Gasteiger partial charge is 0.191 e. The van der Waals surface area contributed by atoms with Gasteiger partial charge in [0.05, 0.1) is 0 Å². The molecule has 0 rings (SSSR count). The summed E-state index contributed by atoms with van der Waals surface area (Å²) in [5.41, 5.74) is 0. The molecule has 3 heteroatoms. The number of hydrogen-bond donors (Lipinski definition) is 0. The quantitative estimate of drug-likeness (QED) is 0.381. The maximum Gasteiger partial charge on any atom is 0.191 e. The summed E-state index contributed by atoms with van der Waals surface area (Å²) in [6.07, 6.45) is 2.54. The molecule has 0 N–H and O–H groups in total. The van der Waals surface area contributed by atoms with Gasteiger partial charge in [0.2, 0.25) is 0 Å².